The summed E-state index contributed by atoms with van der Waals surface area (Å²) in [7, 11) is -4.16. The van der Waals surface area contributed by atoms with E-state index in [2.05, 4.69) is 10.0 Å². The van der Waals surface area contributed by atoms with E-state index in [1.807, 2.05) is 6.92 Å². The Morgan fingerprint density at radius 3 is 2.52 bits per heavy atom. The lowest BCUT2D eigenvalue weighted by Gasteiger charge is -2.15. The Kier molecular flexibility index (Phi) is 6.64. The number of nitrogens with one attached hydrogen (secondary N) is 2. The largest absolute Gasteiger partial charge is 0.480 e. The Balaban J connectivity index is 3.07. The molecule has 0 aromatic heterocycles. The standard InChI is InChI=1S/C14H19FN2O5S/c1-3-4-5-12(14(19)20)17-23(21,22)10-6-7-11(15)13(8-10)16-9(2)18/h6-8,12,17H,3-5H2,1-2H3,(H,16,18)(H,19,20). The fourth-order valence-corrected chi connectivity index (χ4v) is 3.10. The highest BCUT2D eigenvalue weighted by molar-refractivity contribution is 7.89. The van der Waals surface area contributed by atoms with E-state index in [0.717, 1.165) is 25.1 Å². The van der Waals surface area contributed by atoms with Crippen LogP contribution in [0.4, 0.5) is 10.1 Å². The van der Waals surface area contributed by atoms with Gasteiger partial charge in [0, 0.05) is 6.92 Å². The molecule has 0 bridgehead atoms. The highest BCUT2D eigenvalue weighted by Gasteiger charge is 2.25. The van der Waals surface area contributed by atoms with Gasteiger partial charge in [0.05, 0.1) is 10.6 Å². The predicted octanol–water partition coefficient (Wildman–Crippen LogP) is 1.71. The summed E-state index contributed by atoms with van der Waals surface area (Å²) < 4.78 is 40.1. The molecule has 0 aliphatic heterocycles. The summed E-state index contributed by atoms with van der Waals surface area (Å²) in [5.41, 5.74) is -0.291. The van der Waals surface area contributed by atoms with Crippen LogP contribution >= 0.6 is 0 Å². The van der Waals surface area contributed by atoms with Gasteiger partial charge in [0.15, 0.2) is 0 Å². The Labute approximate surface area is 133 Å². The van der Waals surface area contributed by atoms with Crippen molar-refractivity contribution in [2.75, 3.05) is 5.32 Å². The minimum absolute atomic E-state index is 0.144. The number of carboxylic acids is 1. The van der Waals surface area contributed by atoms with Gasteiger partial charge in [-0.25, -0.2) is 12.8 Å². The van der Waals surface area contributed by atoms with Crippen LogP contribution in [0.5, 0.6) is 0 Å². The molecular weight excluding hydrogens is 327 g/mol. The smallest absolute Gasteiger partial charge is 0.321 e. The number of anilines is 1. The number of hydrogen-bond acceptors (Lipinski definition) is 4. The van der Waals surface area contributed by atoms with Crippen LogP contribution in [0.1, 0.15) is 33.1 Å². The average molecular weight is 346 g/mol. The van der Waals surface area contributed by atoms with Gasteiger partial charge in [-0.05, 0) is 24.6 Å². The molecule has 23 heavy (non-hydrogen) atoms. The van der Waals surface area contributed by atoms with Crippen molar-refractivity contribution in [1.29, 1.82) is 0 Å². The van der Waals surface area contributed by atoms with E-state index in [9.17, 15) is 22.4 Å². The van der Waals surface area contributed by atoms with Gasteiger partial charge in [-0.3, -0.25) is 9.59 Å². The number of carbonyl (C=O) groups is 2. The molecule has 0 spiro atoms. The number of carbonyl (C=O) groups excluding carboxylic acids is 1. The van der Waals surface area contributed by atoms with E-state index >= 15 is 0 Å². The molecule has 0 aliphatic carbocycles. The minimum Gasteiger partial charge on any atom is -0.480 e. The van der Waals surface area contributed by atoms with Gasteiger partial charge < -0.3 is 10.4 Å². The number of rotatable bonds is 8. The molecule has 128 valence electrons. The molecular formula is C14H19FN2O5S. The summed E-state index contributed by atoms with van der Waals surface area (Å²) in [6.07, 6.45) is 1.40. The molecule has 1 amide bonds. The molecule has 0 saturated heterocycles. The second-order valence-electron chi connectivity index (χ2n) is 4.98. The molecule has 0 heterocycles. The van der Waals surface area contributed by atoms with Crippen LogP contribution in [0.3, 0.4) is 0 Å². The second-order valence-corrected chi connectivity index (χ2v) is 6.69. The Bertz CT molecular complexity index is 690. The lowest BCUT2D eigenvalue weighted by Crippen LogP contribution is -2.40. The number of amides is 1. The summed E-state index contributed by atoms with van der Waals surface area (Å²) in [5.74, 6) is -2.64. The third-order valence-corrected chi connectivity index (χ3v) is 4.47. The quantitative estimate of drug-likeness (QED) is 0.663. The zero-order chi connectivity index (χ0) is 17.6. The van der Waals surface area contributed by atoms with Gasteiger partial charge >= 0.3 is 5.97 Å². The first-order valence-corrected chi connectivity index (χ1v) is 8.48. The molecule has 1 unspecified atom stereocenters. The van der Waals surface area contributed by atoms with Crippen molar-refractivity contribution in [2.24, 2.45) is 0 Å². The molecule has 1 rings (SSSR count). The molecule has 9 heteroatoms. The maximum atomic E-state index is 13.6. The van der Waals surface area contributed by atoms with E-state index in [-0.39, 0.29) is 17.0 Å². The van der Waals surface area contributed by atoms with Crippen LogP contribution in [0, 0.1) is 5.82 Å². The number of unbranched alkanes of at least 4 members (excludes halogenated alkanes) is 1. The topological polar surface area (TPSA) is 113 Å². The number of halogens is 1. The molecule has 0 fully saturated rings. The SMILES string of the molecule is CCCCC(NS(=O)(=O)c1ccc(F)c(NC(C)=O)c1)C(=O)O. The van der Waals surface area contributed by atoms with Crippen molar-refractivity contribution in [3.8, 4) is 0 Å². The highest BCUT2D eigenvalue weighted by Crippen LogP contribution is 2.20. The van der Waals surface area contributed by atoms with Crippen LogP contribution in [-0.4, -0.2) is 31.4 Å². The summed E-state index contributed by atoms with van der Waals surface area (Å²) >= 11 is 0. The Hall–Kier alpha value is -2.00. The second kappa shape index (κ2) is 8.02. The zero-order valence-corrected chi connectivity index (χ0v) is 13.6. The third kappa shape index (κ3) is 5.61. The lowest BCUT2D eigenvalue weighted by atomic mass is 10.1. The number of benzene rings is 1. The normalized spacial score (nSPS) is 12.7. The molecule has 0 radical (unpaired) electrons. The van der Waals surface area contributed by atoms with Crippen LogP contribution in [0.25, 0.3) is 0 Å². The zero-order valence-electron chi connectivity index (χ0n) is 12.8. The van der Waals surface area contributed by atoms with E-state index < -0.39 is 33.8 Å². The Morgan fingerprint density at radius 2 is 2.00 bits per heavy atom. The van der Waals surface area contributed by atoms with Crippen molar-refractivity contribution < 1.29 is 27.5 Å². The van der Waals surface area contributed by atoms with Gasteiger partial charge in [0.2, 0.25) is 15.9 Å². The van der Waals surface area contributed by atoms with E-state index in [0.29, 0.717) is 12.8 Å². The molecule has 1 aromatic carbocycles. The highest BCUT2D eigenvalue weighted by atomic mass is 32.2. The third-order valence-electron chi connectivity index (χ3n) is 3.00. The van der Waals surface area contributed by atoms with Crippen molar-refractivity contribution in [2.45, 2.75) is 44.0 Å². The molecule has 1 aromatic rings. The van der Waals surface area contributed by atoms with Gasteiger partial charge in [-0.2, -0.15) is 4.72 Å². The number of carboxylic acid groups (broad SMARTS) is 1. The molecule has 1 atom stereocenters. The van der Waals surface area contributed by atoms with Gasteiger partial charge in [0.1, 0.15) is 11.9 Å². The average Bonchev–Trinajstić information content (AvgIpc) is 2.44. The van der Waals surface area contributed by atoms with E-state index in [1.54, 1.807) is 0 Å². The summed E-state index contributed by atoms with van der Waals surface area (Å²) in [4.78, 5) is 21.8. The predicted molar refractivity (Wildman–Crippen MR) is 82.0 cm³/mol. The van der Waals surface area contributed by atoms with Crippen LogP contribution < -0.4 is 10.0 Å². The minimum atomic E-state index is -4.16. The Morgan fingerprint density at radius 1 is 1.35 bits per heavy atom. The fraction of sp³-hybridized carbons (Fsp3) is 0.429. The molecule has 7 nitrogen and oxygen atoms in total. The molecule has 0 aliphatic rings. The van der Waals surface area contributed by atoms with Crippen LogP contribution in [0.15, 0.2) is 23.1 Å². The van der Waals surface area contributed by atoms with Crippen molar-refractivity contribution >= 4 is 27.6 Å². The summed E-state index contributed by atoms with van der Waals surface area (Å²) in [6, 6.07) is 1.57. The van der Waals surface area contributed by atoms with Crippen molar-refractivity contribution in [3.05, 3.63) is 24.0 Å². The number of hydrogen-bond donors (Lipinski definition) is 3. The lowest BCUT2D eigenvalue weighted by molar-refractivity contribution is -0.139. The van der Waals surface area contributed by atoms with Gasteiger partial charge in [-0.15, -0.1) is 0 Å². The summed E-state index contributed by atoms with van der Waals surface area (Å²) in [5, 5.41) is 11.3. The first-order chi connectivity index (χ1) is 10.7. The van der Waals surface area contributed by atoms with Crippen LogP contribution in [0.2, 0.25) is 0 Å². The molecule has 3 N–H and O–H groups in total. The van der Waals surface area contributed by atoms with E-state index in [1.165, 1.54) is 0 Å². The number of sulfonamides is 1. The van der Waals surface area contributed by atoms with Crippen molar-refractivity contribution in [1.82, 2.24) is 4.72 Å². The maximum absolute atomic E-state index is 13.6. The van der Waals surface area contributed by atoms with Crippen LogP contribution in [-0.2, 0) is 19.6 Å². The number of aliphatic carboxylic acids is 1. The maximum Gasteiger partial charge on any atom is 0.321 e. The first kappa shape index (κ1) is 19.0. The van der Waals surface area contributed by atoms with Gasteiger partial charge in [-0.1, -0.05) is 19.8 Å². The fourth-order valence-electron chi connectivity index (χ4n) is 1.85. The van der Waals surface area contributed by atoms with Crippen molar-refractivity contribution in [3.63, 3.8) is 0 Å². The first-order valence-electron chi connectivity index (χ1n) is 6.99. The van der Waals surface area contributed by atoms with E-state index in [4.69, 9.17) is 5.11 Å². The monoisotopic (exact) mass is 346 g/mol. The summed E-state index contributed by atoms with van der Waals surface area (Å²) in [6.45, 7) is 3.01. The van der Waals surface area contributed by atoms with Gasteiger partial charge in [0.25, 0.3) is 0 Å². The molecule has 0 saturated carbocycles.